The third-order valence-electron chi connectivity index (χ3n) is 3.40. The van der Waals surface area contributed by atoms with Gasteiger partial charge in [-0.25, -0.2) is 0 Å². The Morgan fingerprint density at radius 2 is 1.62 bits per heavy atom. The minimum atomic E-state index is -0.534. The molecule has 1 atom stereocenters. The molecule has 0 radical (unpaired) electrons. The fourth-order valence-electron chi connectivity index (χ4n) is 2.31. The molecule has 0 aromatic heterocycles. The van der Waals surface area contributed by atoms with E-state index in [1.165, 1.54) is 5.56 Å². The molecule has 0 saturated heterocycles. The number of benzene rings is 2. The van der Waals surface area contributed by atoms with Crippen LogP contribution in [0.15, 0.2) is 60.7 Å². The van der Waals surface area contributed by atoms with E-state index in [9.17, 15) is 5.11 Å². The smallest absolute Gasteiger partial charge is 0.0917 e. The van der Waals surface area contributed by atoms with Gasteiger partial charge in [0.1, 0.15) is 0 Å². The Labute approximate surface area is 126 Å². The van der Waals surface area contributed by atoms with Gasteiger partial charge in [0.2, 0.25) is 0 Å². The van der Waals surface area contributed by atoms with Crippen molar-refractivity contribution in [1.82, 2.24) is 4.90 Å². The lowest BCUT2D eigenvalue weighted by Crippen LogP contribution is -2.29. The van der Waals surface area contributed by atoms with Crippen LogP contribution in [0.2, 0.25) is 0 Å². The maximum absolute atomic E-state index is 10.3. The first-order valence-corrected chi connectivity index (χ1v) is 7.16. The molecule has 2 aromatic carbocycles. The molecule has 0 fully saturated rings. The van der Waals surface area contributed by atoms with E-state index in [2.05, 4.69) is 23.1 Å². The van der Waals surface area contributed by atoms with E-state index in [1.54, 1.807) is 0 Å². The van der Waals surface area contributed by atoms with E-state index >= 15 is 0 Å². The summed E-state index contributed by atoms with van der Waals surface area (Å²) in [5.74, 6) is 0. The fourth-order valence-corrected chi connectivity index (χ4v) is 2.31. The van der Waals surface area contributed by atoms with Crippen LogP contribution in [0.4, 0.5) is 0 Å². The number of nitrogens with zero attached hydrogens (tertiary/aromatic N) is 2. The average molecular weight is 280 g/mol. The van der Waals surface area contributed by atoms with Crippen LogP contribution in [0.1, 0.15) is 23.7 Å². The summed E-state index contributed by atoms with van der Waals surface area (Å²) in [5.41, 5.74) is 2.10. The molecule has 0 aliphatic carbocycles. The molecule has 0 saturated carbocycles. The van der Waals surface area contributed by atoms with Crippen LogP contribution in [0.3, 0.4) is 0 Å². The number of hydrogen-bond acceptors (Lipinski definition) is 3. The van der Waals surface area contributed by atoms with E-state index in [0.717, 1.165) is 12.1 Å². The Kier molecular flexibility index (Phi) is 5.96. The van der Waals surface area contributed by atoms with Crippen molar-refractivity contribution in [3.05, 3.63) is 71.8 Å². The van der Waals surface area contributed by atoms with Crippen molar-refractivity contribution in [3.63, 3.8) is 0 Å². The molecule has 1 N–H and O–H groups in total. The first-order chi connectivity index (χ1) is 10.3. The summed E-state index contributed by atoms with van der Waals surface area (Å²) in [4.78, 5) is 2.12. The van der Waals surface area contributed by atoms with Crippen LogP contribution < -0.4 is 0 Å². The molecule has 2 rings (SSSR count). The Morgan fingerprint density at radius 3 is 2.24 bits per heavy atom. The van der Waals surface area contributed by atoms with Gasteiger partial charge in [-0.05, 0) is 11.1 Å². The summed E-state index contributed by atoms with van der Waals surface area (Å²) < 4.78 is 0. The molecule has 0 amide bonds. The minimum absolute atomic E-state index is 0.467. The van der Waals surface area contributed by atoms with Gasteiger partial charge in [0.25, 0.3) is 0 Å². The largest absolute Gasteiger partial charge is 0.387 e. The number of hydrogen-bond donors (Lipinski definition) is 1. The first kappa shape index (κ1) is 15.2. The van der Waals surface area contributed by atoms with Gasteiger partial charge >= 0.3 is 0 Å². The molecule has 3 heteroatoms. The van der Waals surface area contributed by atoms with Gasteiger partial charge in [0, 0.05) is 26.1 Å². The van der Waals surface area contributed by atoms with Crippen LogP contribution in [0.25, 0.3) is 0 Å². The number of nitriles is 1. The van der Waals surface area contributed by atoms with Gasteiger partial charge in [-0.15, -0.1) is 0 Å². The average Bonchev–Trinajstić information content (AvgIpc) is 2.54. The van der Waals surface area contributed by atoms with Gasteiger partial charge in [0.15, 0.2) is 0 Å². The van der Waals surface area contributed by atoms with Crippen LogP contribution in [-0.2, 0) is 6.54 Å². The van der Waals surface area contributed by atoms with E-state index in [-0.39, 0.29) is 0 Å². The summed E-state index contributed by atoms with van der Waals surface area (Å²) in [7, 11) is 0. The molecule has 0 bridgehead atoms. The topological polar surface area (TPSA) is 47.3 Å². The van der Waals surface area contributed by atoms with E-state index < -0.39 is 6.10 Å². The zero-order valence-corrected chi connectivity index (χ0v) is 12.0. The van der Waals surface area contributed by atoms with Gasteiger partial charge in [-0.3, -0.25) is 4.90 Å². The van der Waals surface area contributed by atoms with Crippen molar-refractivity contribution in [2.45, 2.75) is 19.1 Å². The zero-order valence-electron chi connectivity index (χ0n) is 12.0. The van der Waals surface area contributed by atoms with E-state index in [0.29, 0.717) is 19.5 Å². The molecule has 0 heterocycles. The number of aliphatic hydroxyl groups excluding tert-OH is 1. The third-order valence-corrected chi connectivity index (χ3v) is 3.40. The highest BCUT2D eigenvalue weighted by Crippen LogP contribution is 2.15. The predicted molar refractivity (Wildman–Crippen MR) is 83.4 cm³/mol. The quantitative estimate of drug-likeness (QED) is 0.847. The summed E-state index contributed by atoms with van der Waals surface area (Å²) >= 11 is 0. The maximum Gasteiger partial charge on any atom is 0.0917 e. The molecule has 0 aliphatic heterocycles. The fraction of sp³-hybridized carbons (Fsp3) is 0.278. The molecule has 1 unspecified atom stereocenters. The second kappa shape index (κ2) is 8.21. The van der Waals surface area contributed by atoms with Crippen LogP contribution >= 0.6 is 0 Å². The monoisotopic (exact) mass is 280 g/mol. The Hall–Kier alpha value is -2.15. The van der Waals surface area contributed by atoms with Crippen molar-refractivity contribution in [2.24, 2.45) is 0 Å². The SMILES string of the molecule is N#CCCN(Cc1ccccc1)CC(O)c1ccccc1. The summed E-state index contributed by atoms with van der Waals surface area (Å²) in [5, 5.41) is 19.1. The van der Waals surface area contributed by atoms with Crippen molar-refractivity contribution >= 4 is 0 Å². The molecular formula is C18H20N2O. The second-order valence-electron chi connectivity index (χ2n) is 5.06. The summed E-state index contributed by atoms with van der Waals surface area (Å²) in [6.45, 7) is 1.93. The lowest BCUT2D eigenvalue weighted by Gasteiger charge is -2.24. The Bertz CT molecular complexity index is 563. The van der Waals surface area contributed by atoms with Crippen LogP contribution in [-0.4, -0.2) is 23.1 Å². The van der Waals surface area contributed by atoms with Gasteiger partial charge in [-0.2, -0.15) is 5.26 Å². The molecule has 0 aliphatic rings. The first-order valence-electron chi connectivity index (χ1n) is 7.16. The Balaban J connectivity index is 2.01. The molecule has 108 valence electrons. The number of aliphatic hydroxyl groups is 1. The lowest BCUT2D eigenvalue weighted by molar-refractivity contribution is 0.110. The third kappa shape index (κ3) is 5.03. The summed E-state index contributed by atoms with van der Waals surface area (Å²) in [6.07, 6.45) is -0.0671. The highest BCUT2D eigenvalue weighted by atomic mass is 16.3. The Morgan fingerprint density at radius 1 is 1.00 bits per heavy atom. The standard InChI is InChI=1S/C18H20N2O/c19-12-7-13-20(14-16-8-3-1-4-9-16)15-18(21)17-10-5-2-6-11-17/h1-6,8-11,18,21H,7,13-15H2. The van der Waals surface area contributed by atoms with Gasteiger partial charge in [-0.1, -0.05) is 60.7 Å². The predicted octanol–water partition coefficient (Wildman–Crippen LogP) is 3.14. The lowest BCUT2D eigenvalue weighted by atomic mass is 10.1. The maximum atomic E-state index is 10.3. The highest BCUT2D eigenvalue weighted by molar-refractivity contribution is 5.18. The van der Waals surface area contributed by atoms with Gasteiger partial charge in [0.05, 0.1) is 12.2 Å². The van der Waals surface area contributed by atoms with Crippen molar-refractivity contribution in [1.29, 1.82) is 5.26 Å². The van der Waals surface area contributed by atoms with Crippen LogP contribution in [0.5, 0.6) is 0 Å². The normalized spacial score (nSPS) is 12.0. The second-order valence-corrected chi connectivity index (χ2v) is 5.06. The molecule has 3 nitrogen and oxygen atoms in total. The zero-order chi connectivity index (χ0) is 14.9. The molecular weight excluding hydrogens is 260 g/mol. The molecule has 21 heavy (non-hydrogen) atoms. The van der Waals surface area contributed by atoms with Crippen molar-refractivity contribution < 1.29 is 5.11 Å². The van der Waals surface area contributed by atoms with Gasteiger partial charge < -0.3 is 5.11 Å². The highest BCUT2D eigenvalue weighted by Gasteiger charge is 2.13. The number of rotatable bonds is 7. The summed E-state index contributed by atoms with van der Waals surface area (Å²) in [6, 6.07) is 21.9. The van der Waals surface area contributed by atoms with E-state index in [4.69, 9.17) is 5.26 Å². The van der Waals surface area contributed by atoms with Crippen LogP contribution in [0, 0.1) is 11.3 Å². The molecule has 2 aromatic rings. The van der Waals surface area contributed by atoms with Crippen molar-refractivity contribution in [3.8, 4) is 6.07 Å². The minimum Gasteiger partial charge on any atom is -0.387 e. The van der Waals surface area contributed by atoms with E-state index in [1.807, 2.05) is 48.5 Å². The van der Waals surface area contributed by atoms with Crippen molar-refractivity contribution in [2.75, 3.05) is 13.1 Å². The molecule has 0 spiro atoms.